The van der Waals surface area contributed by atoms with Crippen molar-refractivity contribution in [3.05, 3.63) is 36.0 Å². The Hall–Kier alpha value is -0.930. The van der Waals surface area contributed by atoms with Crippen LogP contribution in [0.3, 0.4) is 0 Å². The van der Waals surface area contributed by atoms with Crippen molar-refractivity contribution in [1.82, 2.24) is 15.6 Å². The summed E-state index contributed by atoms with van der Waals surface area (Å²) in [4.78, 5) is 7.88. The zero-order valence-corrected chi connectivity index (χ0v) is 17.7. The number of nitrogens with one attached hydrogen (secondary N) is 3. The Kier molecular flexibility index (Phi) is 7.89. The van der Waals surface area contributed by atoms with E-state index in [4.69, 9.17) is 0 Å². The van der Waals surface area contributed by atoms with Gasteiger partial charge < -0.3 is 20.7 Å². The molecule has 1 fully saturated rings. The molecule has 1 aromatic carbocycles. The number of aromatic amines is 1. The van der Waals surface area contributed by atoms with Crippen LogP contribution in [0.5, 0.6) is 0 Å². The number of H-pyrrole nitrogens is 1. The van der Waals surface area contributed by atoms with Crippen LogP contribution in [0.15, 0.2) is 35.5 Å². The molecule has 1 unspecified atom stereocenters. The molecule has 1 saturated heterocycles. The summed E-state index contributed by atoms with van der Waals surface area (Å²) in [5.41, 5.74) is 1.85. The van der Waals surface area contributed by atoms with E-state index in [9.17, 15) is 5.11 Å². The SMILES string of the molecule is CCNC(=NCC1(O)CCSC1)NCCc1c[nH]c2ccccc12.I. The zero-order chi connectivity index (χ0) is 16.8. The lowest BCUT2D eigenvalue weighted by Crippen LogP contribution is -2.40. The number of guanidine groups is 1. The molecular weight excluding hydrogens is 447 g/mol. The van der Waals surface area contributed by atoms with E-state index in [0.29, 0.717) is 6.54 Å². The minimum absolute atomic E-state index is 0. The second-order valence-electron chi connectivity index (χ2n) is 6.26. The largest absolute Gasteiger partial charge is 0.387 e. The van der Waals surface area contributed by atoms with Crippen LogP contribution in [0.25, 0.3) is 10.9 Å². The molecule has 4 N–H and O–H groups in total. The maximum absolute atomic E-state index is 10.4. The van der Waals surface area contributed by atoms with E-state index in [1.54, 1.807) is 11.8 Å². The molecule has 0 amide bonds. The zero-order valence-electron chi connectivity index (χ0n) is 14.5. The number of nitrogens with zero attached hydrogens (tertiary/aromatic N) is 1. The van der Waals surface area contributed by atoms with Crippen LogP contribution < -0.4 is 10.6 Å². The number of rotatable bonds is 6. The lowest BCUT2D eigenvalue weighted by Gasteiger charge is -2.19. The first-order valence-corrected chi connectivity index (χ1v) is 9.73. The molecule has 0 aliphatic carbocycles. The predicted octanol–water partition coefficient (Wildman–Crippen LogP) is 2.75. The number of aliphatic hydroxyl groups is 1. The molecule has 25 heavy (non-hydrogen) atoms. The lowest BCUT2D eigenvalue weighted by molar-refractivity contribution is 0.0778. The second kappa shape index (κ2) is 9.68. The third-order valence-electron chi connectivity index (χ3n) is 4.32. The van der Waals surface area contributed by atoms with E-state index in [2.05, 4.69) is 51.9 Å². The van der Waals surface area contributed by atoms with Crippen molar-refractivity contribution in [2.75, 3.05) is 31.1 Å². The fourth-order valence-corrected chi connectivity index (χ4v) is 4.23. The summed E-state index contributed by atoms with van der Waals surface area (Å²) in [7, 11) is 0. The first kappa shape index (κ1) is 20.4. The molecule has 1 aliphatic heterocycles. The summed E-state index contributed by atoms with van der Waals surface area (Å²) in [5.74, 6) is 2.59. The number of fused-ring (bicyclic) bond motifs is 1. The van der Waals surface area contributed by atoms with Crippen molar-refractivity contribution in [3.63, 3.8) is 0 Å². The minimum atomic E-state index is -0.635. The average molecular weight is 474 g/mol. The Morgan fingerprint density at radius 1 is 1.36 bits per heavy atom. The predicted molar refractivity (Wildman–Crippen MR) is 118 cm³/mol. The van der Waals surface area contributed by atoms with E-state index in [1.807, 2.05) is 6.07 Å². The summed E-state index contributed by atoms with van der Waals surface area (Å²) in [6, 6.07) is 8.35. The van der Waals surface area contributed by atoms with Gasteiger partial charge in [-0.05, 0) is 37.1 Å². The molecule has 0 saturated carbocycles. The Morgan fingerprint density at radius 2 is 2.20 bits per heavy atom. The number of para-hydroxylation sites is 1. The number of benzene rings is 1. The van der Waals surface area contributed by atoms with Crippen molar-refractivity contribution in [3.8, 4) is 0 Å². The van der Waals surface area contributed by atoms with Gasteiger partial charge in [-0.2, -0.15) is 11.8 Å². The summed E-state index contributed by atoms with van der Waals surface area (Å²) in [6.45, 7) is 4.13. The number of hydrogen-bond donors (Lipinski definition) is 4. The van der Waals surface area contributed by atoms with Gasteiger partial charge in [0.1, 0.15) is 0 Å². The Morgan fingerprint density at radius 3 is 2.96 bits per heavy atom. The van der Waals surface area contributed by atoms with Gasteiger partial charge in [-0.15, -0.1) is 24.0 Å². The Bertz CT molecular complexity index is 697. The molecule has 138 valence electrons. The minimum Gasteiger partial charge on any atom is -0.387 e. The van der Waals surface area contributed by atoms with Gasteiger partial charge in [-0.3, -0.25) is 4.99 Å². The van der Waals surface area contributed by atoms with E-state index in [-0.39, 0.29) is 24.0 Å². The van der Waals surface area contributed by atoms with Crippen molar-refractivity contribution < 1.29 is 5.11 Å². The third-order valence-corrected chi connectivity index (χ3v) is 5.55. The highest BCUT2D eigenvalue weighted by atomic mass is 127. The normalized spacial score (nSPS) is 20.5. The van der Waals surface area contributed by atoms with Crippen LogP contribution in [0, 0.1) is 0 Å². The molecule has 7 heteroatoms. The summed E-state index contributed by atoms with van der Waals surface area (Å²) < 4.78 is 0. The first-order chi connectivity index (χ1) is 11.7. The second-order valence-corrected chi connectivity index (χ2v) is 7.36. The fourth-order valence-electron chi connectivity index (χ4n) is 2.94. The van der Waals surface area contributed by atoms with Gasteiger partial charge >= 0.3 is 0 Å². The fraction of sp³-hybridized carbons (Fsp3) is 0.500. The van der Waals surface area contributed by atoms with Gasteiger partial charge in [-0.25, -0.2) is 0 Å². The van der Waals surface area contributed by atoms with Crippen molar-refractivity contribution >= 4 is 52.6 Å². The van der Waals surface area contributed by atoms with Crippen LogP contribution in [-0.2, 0) is 6.42 Å². The van der Waals surface area contributed by atoms with Gasteiger partial charge in [0.05, 0.1) is 12.1 Å². The molecule has 0 bridgehead atoms. The highest BCUT2D eigenvalue weighted by molar-refractivity contribution is 14.0. The van der Waals surface area contributed by atoms with Gasteiger partial charge in [0.25, 0.3) is 0 Å². The number of aromatic nitrogens is 1. The van der Waals surface area contributed by atoms with Crippen LogP contribution >= 0.6 is 35.7 Å². The molecule has 5 nitrogen and oxygen atoms in total. The van der Waals surface area contributed by atoms with Gasteiger partial charge in [0.2, 0.25) is 0 Å². The molecule has 1 atom stereocenters. The highest BCUT2D eigenvalue weighted by Gasteiger charge is 2.31. The highest BCUT2D eigenvalue weighted by Crippen LogP contribution is 2.27. The van der Waals surface area contributed by atoms with Crippen molar-refractivity contribution in [1.29, 1.82) is 0 Å². The van der Waals surface area contributed by atoms with Gasteiger partial charge in [0, 0.05) is 35.9 Å². The van der Waals surface area contributed by atoms with E-state index in [0.717, 1.165) is 43.4 Å². The Labute approximate surface area is 170 Å². The molecule has 2 heterocycles. The molecule has 2 aromatic rings. The number of hydrogen-bond acceptors (Lipinski definition) is 3. The lowest BCUT2D eigenvalue weighted by atomic mass is 10.1. The number of thioether (sulfide) groups is 1. The molecule has 1 aliphatic rings. The molecule has 3 rings (SSSR count). The van der Waals surface area contributed by atoms with Crippen molar-refractivity contribution in [2.45, 2.75) is 25.4 Å². The summed E-state index contributed by atoms with van der Waals surface area (Å²) in [5, 5.41) is 18.3. The van der Waals surface area contributed by atoms with Crippen LogP contribution in [0.4, 0.5) is 0 Å². The third kappa shape index (κ3) is 5.52. The van der Waals surface area contributed by atoms with E-state index in [1.165, 1.54) is 16.5 Å². The van der Waals surface area contributed by atoms with Crippen LogP contribution in [-0.4, -0.2) is 52.8 Å². The average Bonchev–Trinajstić information content (AvgIpc) is 3.20. The molecule has 0 spiro atoms. The Balaban J connectivity index is 0.00000225. The van der Waals surface area contributed by atoms with Crippen molar-refractivity contribution in [2.24, 2.45) is 4.99 Å². The van der Waals surface area contributed by atoms with E-state index >= 15 is 0 Å². The molecule has 1 aromatic heterocycles. The maximum Gasteiger partial charge on any atom is 0.191 e. The summed E-state index contributed by atoms with van der Waals surface area (Å²) >= 11 is 1.80. The van der Waals surface area contributed by atoms with E-state index < -0.39 is 5.60 Å². The van der Waals surface area contributed by atoms with Gasteiger partial charge in [0.15, 0.2) is 5.96 Å². The number of halogens is 1. The quantitative estimate of drug-likeness (QED) is 0.295. The smallest absolute Gasteiger partial charge is 0.191 e. The standard InChI is InChI=1S/C18H26N4OS.HI/c1-2-19-17(22-12-18(23)8-10-24-13-18)20-9-7-14-11-21-16-6-4-3-5-15(14)16;/h3-6,11,21,23H,2,7-10,12-13H2,1H3,(H2,19,20,22);1H. The van der Waals surface area contributed by atoms with Crippen LogP contribution in [0.2, 0.25) is 0 Å². The molecule has 0 radical (unpaired) electrons. The monoisotopic (exact) mass is 474 g/mol. The maximum atomic E-state index is 10.4. The summed E-state index contributed by atoms with van der Waals surface area (Å²) in [6.07, 6.45) is 3.83. The topological polar surface area (TPSA) is 72.4 Å². The van der Waals surface area contributed by atoms with Gasteiger partial charge in [-0.1, -0.05) is 18.2 Å². The first-order valence-electron chi connectivity index (χ1n) is 8.57. The van der Waals surface area contributed by atoms with Crippen LogP contribution in [0.1, 0.15) is 18.9 Å². The molecular formula is C18H27IN4OS. The number of aliphatic imine (C=N–C) groups is 1.